The van der Waals surface area contributed by atoms with Gasteiger partial charge in [-0.05, 0) is 26.3 Å². The Hall–Kier alpha value is -4.04. The van der Waals surface area contributed by atoms with Crippen LogP contribution in [0, 0.1) is 11.6 Å². The molecule has 0 spiro atoms. The molecule has 14 heteroatoms. The van der Waals surface area contributed by atoms with Crippen molar-refractivity contribution in [3.63, 3.8) is 0 Å². The van der Waals surface area contributed by atoms with Crippen LogP contribution in [0.1, 0.15) is 46.7 Å². The van der Waals surface area contributed by atoms with E-state index >= 15 is 0 Å². The van der Waals surface area contributed by atoms with Gasteiger partial charge in [-0.3, -0.25) is 14.4 Å². The number of nitrogens with one attached hydrogen (secondary N) is 1. The van der Waals surface area contributed by atoms with Crippen LogP contribution in [0.3, 0.4) is 0 Å². The molecule has 0 aliphatic carbocycles. The molecule has 0 saturated carbocycles. The van der Waals surface area contributed by atoms with E-state index in [9.17, 15) is 28.0 Å². The third-order valence-corrected chi connectivity index (χ3v) is 6.33. The minimum atomic E-state index is -1.15. The predicted molar refractivity (Wildman–Crippen MR) is 128 cm³/mol. The van der Waals surface area contributed by atoms with E-state index in [4.69, 9.17) is 23.7 Å². The summed E-state index contributed by atoms with van der Waals surface area (Å²) < 4.78 is 54.1. The van der Waals surface area contributed by atoms with E-state index in [1.807, 2.05) is 6.92 Å². The molecule has 3 heterocycles. The van der Waals surface area contributed by atoms with Gasteiger partial charge in [0, 0.05) is 37.5 Å². The normalized spacial score (nSPS) is 19.0. The monoisotopic (exact) mass is 551 g/mol. The summed E-state index contributed by atoms with van der Waals surface area (Å²) in [5.41, 5.74) is -1.54. The molecule has 3 unspecified atom stereocenters. The zero-order valence-electron chi connectivity index (χ0n) is 21.4. The summed E-state index contributed by atoms with van der Waals surface area (Å²) in [7, 11) is 1.31. The fraction of sp³-hybridized carbons (Fsp3) is 0.440. The molecule has 12 nitrogen and oxygen atoms in total. The third-order valence-electron chi connectivity index (χ3n) is 6.33. The number of carbonyl (C=O) groups is 3. The summed E-state index contributed by atoms with van der Waals surface area (Å²) in [5, 5.41) is 2.41. The first-order valence-corrected chi connectivity index (χ1v) is 12.0. The second-order valence-corrected chi connectivity index (χ2v) is 8.87. The maximum Gasteiger partial charge on any atom is 0.513 e. The third kappa shape index (κ3) is 6.01. The Kier molecular flexibility index (Phi) is 8.45. The average Bonchev–Trinajstić information content (AvgIpc) is 2.89. The van der Waals surface area contributed by atoms with Crippen LogP contribution in [0.25, 0.3) is 0 Å². The smallest absolute Gasteiger partial charge is 0.451 e. The Bertz CT molecular complexity index is 1330. The van der Waals surface area contributed by atoms with Gasteiger partial charge in [-0.2, -0.15) is 0 Å². The second kappa shape index (κ2) is 11.8. The Morgan fingerprint density at radius 3 is 2.74 bits per heavy atom. The molecule has 1 aromatic heterocycles. The van der Waals surface area contributed by atoms with Crippen molar-refractivity contribution in [2.24, 2.45) is 0 Å². The van der Waals surface area contributed by atoms with Gasteiger partial charge in [0.15, 0.2) is 11.9 Å². The first-order valence-electron chi connectivity index (χ1n) is 12.0. The minimum Gasteiger partial charge on any atom is -0.451 e. The second-order valence-electron chi connectivity index (χ2n) is 8.87. The van der Waals surface area contributed by atoms with Crippen LogP contribution in [-0.4, -0.2) is 66.5 Å². The number of ether oxygens (including phenoxy) is 5. The number of hydrogen-bond acceptors (Lipinski definition) is 9. The maximum atomic E-state index is 14.0. The Morgan fingerprint density at radius 2 is 2.03 bits per heavy atom. The number of fused-ring (bicyclic) bond motifs is 2. The van der Waals surface area contributed by atoms with Crippen LogP contribution >= 0.6 is 0 Å². The predicted octanol–water partition coefficient (Wildman–Crippen LogP) is 2.13. The van der Waals surface area contributed by atoms with Crippen molar-refractivity contribution in [3.05, 3.63) is 63.1 Å². The van der Waals surface area contributed by atoms with Gasteiger partial charge in [0.2, 0.25) is 24.3 Å². The first kappa shape index (κ1) is 28.0. The lowest BCUT2D eigenvalue weighted by molar-refractivity contribution is -0.112. The molecule has 1 fully saturated rings. The molecular formula is C25H27F2N3O9. The van der Waals surface area contributed by atoms with E-state index in [0.717, 1.165) is 12.1 Å². The fourth-order valence-corrected chi connectivity index (χ4v) is 4.23. The minimum absolute atomic E-state index is 0.00750. The van der Waals surface area contributed by atoms with Gasteiger partial charge in [-0.15, -0.1) is 0 Å². The van der Waals surface area contributed by atoms with Crippen molar-refractivity contribution in [3.8, 4) is 5.75 Å². The highest BCUT2D eigenvalue weighted by Gasteiger charge is 2.41. The van der Waals surface area contributed by atoms with E-state index in [0.29, 0.717) is 19.1 Å². The Labute approximate surface area is 221 Å². The number of rotatable bonds is 8. The quantitative estimate of drug-likeness (QED) is 0.387. The summed E-state index contributed by atoms with van der Waals surface area (Å²) in [5.74, 6) is -3.64. The molecule has 0 radical (unpaired) electrons. The summed E-state index contributed by atoms with van der Waals surface area (Å²) in [6.07, 6.45) is -0.940. The molecule has 3 atom stereocenters. The van der Waals surface area contributed by atoms with Crippen molar-refractivity contribution in [2.45, 2.75) is 51.9 Å². The van der Waals surface area contributed by atoms with Gasteiger partial charge >= 0.3 is 6.16 Å². The van der Waals surface area contributed by atoms with Crippen molar-refractivity contribution in [2.75, 3.05) is 20.5 Å². The van der Waals surface area contributed by atoms with Gasteiger partial charge < -0.3 is 38.5 Å². The van der Waals surface area contributed by atoms with Crippen molar-refractivity contribution < 1.29 is 46.8 Å². The van der Waals surface area contributed by atoms with Crippen molar-refractivity contribution in [1.29, 1.82) is 0 Å². The molecule has 39 heavy (non-hydrogen) atoms. The number of halogens is 2. The number of benzene rings is 1. The van der Waals surface area contributed by atoms with Gasteiger partial charge in [0.05, 0.1) is 13.2 Å². The molecule has 1 aromatic carbocycles. The highest BCUT2D eigenvalue weighted by atomic mass is 19.1. The summed E-state index contributed by atoms with van der Waals surface area (Å²) in [4.78, 5) is 53.1. The summed E-state index contributed by atoms with van der Waals surface area (Å²) >= 11 is 0. The number of aromatic nitrogens is 1. The lowest BCUT2D eigenvalue weighted by Gasteiger charge is -2.44. The zero-order valence-corrected chi connectivity index (χ0v) is 21.4. The molecule has 2 amide bonds. The van der Waals surface area contributed by atoms with Crippen molar-refractivity contribution >= 4 is 18.0 Å². The molecule has 210 valence electrons. The first-order chi connectivity index (χ1) is 18.6. The lowest BCUT2D eigenvalue weighted by Crippen LogP contribution is -2.57. The highest BCUT2D eigenvalue weighted by molar-refractivity contribution is 5.99. The number of pyridine rings is 1. The van der Waals surface area contributed by atoms with E-state index < -0.39 is 65.7 Å². The lowest BCUT2D eigenvalue weighted by atomic mass is 10.1. The van der Waals surface area contributed by atoms with Crippen LogP contribution in [0.4, 0.5) is 13.6 Å². The van der Waals surface area contributed by atoms with E-state index in [1.54, 1.807) is 0 Å². The number of methoxy groups -OCH3 is 1. The van der Waals surface area contributed by atoms with E-state index in [2.05, 4.69) is 5.32 Å². The van der Waals surface area contributed by atoms with E-state index in [-0.39, 0.29) is 30.4 Å². The molecule has 1 saturated heterocycles. The number of carbonyl (C=O) groups excluding carboxylic acids is 3. The summed E-state index contributed by atoms with van der Waals surface area (Å²) in [6.45, 7) is 2.64. The van der Waals surface area contributed by atoms with Gasteiger partial charge in [-0.1, -0.05) is 6.07 Å². The van der Waals surface area contributed by atoms with Crippen LogP contribution < -0.4 is 15.5 Å². The molecule has 2 aromatic rings. The molecule has 4 rings (SSSR count). The SMILES string of the molecule is COC(C)OC(=O)OCOc1c2n(cc(C(=O)NCc3ccc(F)cc3F)c1=O)CC1OCCC(C)N1C2=O. The van der Waals surface area contributed by atoms with Crippen LogP contribution in [-0.2, 0) is 32.0 Å². The Balaban J connectivity index is 1.63. The summed E-state index contributed by atoms with van der Waals surface area (Å²) in [6, 6.07) is 2.67. The van der Waals surface area contributed by atoms with Gasteiger partial charge in [0.1, 0.15) is 17.2 Å². The number of hydrogen-bond donors (Lipinski definition) is 1. The van der Waals surface area contributed by atoms with Crippen LogP contribution in [0.2, 0.25) is 0 Å². The molecule has 2 aliphatic rings. The van der Waals surface area contributed by atoms with Crippen molar-refractivity contribution in [1.82, 2.24) is 14.8 Å². The molecule has 1 N–H and O–H groups in total. The van der Waals surface area contributed by atoms with Crippen LogP contribution in [0.15, 0.2) is 29.2 Å². The van der Waals surface area contributed by atoms with Gasteiger partial charge in [-0.25, -0.2) is 13.6 Å². The maximum absolute atomic E-state index is 14.0. The standard InChI is InChI=1S/C25H27F2N3O9/c1-13-6-7-36-19-11-29-10-17(23(32)28-9-15-4-5-16(26)8-18(15)27)21(31)22(20(29)24(33)30(13)19)37-12-38-25(34)39-14(2)35-3/h4-5,8,10,13-14,19H,6-7,9,11-12H2,1-3H3,(H,28,32). The average molecular weight is 551 g/mol. The fourth-order valence-electron chi connectivity index (χ4n) is 4.23. The van der Waals surface area contributed by atoms with Crippen LogP contribution in [0.5, 0.6) is 5.75 Å². The molecule has 0 bridgehead atoms. The van der Waals surface area contributed by atoms with Gasteiger partial charge in [0.25, 0.3) is 11.8 Å². The topological polar surface area (TPSA) is 135 Å². The highest BCUT2D eigenvalue weighted by Crippen LogP contribution is 2.30. The largest absolute Gasteiger partial charge is 0.513 e. The molecule has 2 aliphatic heterocycles. The Morgan fingerprint density at radius 1 is 1.26 bits per heavy atom. The van der Waals surface area contributed by atoms with E-state index in [1.165, 1.54) is 29.7 Å². The number of amides is 2. The zero-order chi connectivity index (χ0) is 28.3. The molecular weight excluding hydrogens is 524 g/mol. The number of nitrogens with zero attached hydrogens (tertiary/aromatic N) is 2.